The highest BCUT2D eigenvalue weighted by molar-refractivity contribution is 6.07. The molecule has 7 atom stereocenters. The highest BCUT2D eigenvalue weighted by atomic mass is 16.5. The zero-order valence-corrected chi connectivity index (χ0v) is 40.1. The first-order chi connectivity index (χ1) is 34.0. The minimum absolute atomic E-state index is 0.0576. The van der Waals surface area contributed by atoms with Crippen LogP contribution in [0.4, 0.5) is 9.59 Å². The van der Waals surface area contributed by atoms with Crippen molar-refractivity contribution in [2.45, 2.75) is 89.0 Å². The third-order valence-corrected chi connectivity index (χ3v) is 15.6. The Hall–Kier alpha value is -7.00. The summed E-state index contributed by atoms with van der Waals surface area (Å²) in [5, 5.41) is 9.76. The Labute approximate surface area is 406 Å². The van der Waals surface area contributed by atoms with Gasteiger partial charge in [-0.3, -0.25) is 9.59 Å². The molecule has 4 heterocycles. The number of carbonyl (C=O) groups excluding carboxylic acids is 4. The summed E-state index contributed by atoms with van der Waals surface area (Å²) in [6, 6.07) is 28.4. The van der Waals surface area contributed by atoms with Gasteiger partial charge in [-0.25, -0.2) is 19.6 Å². The summed E-state index contributed by atoms with van der Waals surface area (Å²) in [5.74, 6) is 2.00. The van der Waals surface area contributed by atoms with Crippen LogP contribution in [0, 0.1) is 23.7 Å². The Morgan fingerprint density at radius 2 is 1.33 bits per heavy atom. The number of H-pyrrole nitrogens is 2. The van der Waals surface area contributed by atoms with Crippen LogP contribution in [0.1, 0.15) is 94.1 Å². The number of piperidine rings is 1. The van der Waals surface area contributed by atoms with Crippen molar-refractivity contribution < 1.29 is 33.4 Å². The van der Waals surface area contributed by atoms with E-state index < -0.39 is 24.3 Å². The Balaban J connectivity index is 0.863. The van der Waals surface area contributed by atoms with Gasteiger partial charge in [0.1, 0.15) is 23.7 Å². The predicted molar refractivity (Wildman–Crippen MR) is 267 cm³/mol. The van der Waals surface area contributed by atoms with E-state index in [4.69, 9.17) is 24.2 Å². The molecule has 0 radical (unpaired) electrons. The number of aromatic nitrogens is 4. The van der Waals surface area contributed by atoms with E-state index in [-0.39, 0.29) is 47.7 Å². The minimum atomic E-state index is -0.890. The number of aromatic amines is 2. The summed E-state index contributed by atoms with van der Waals surface area (Å²) < 4.78 is 16.0. The topological polar surface area (TPSA) is 184 Å². The number of nitrogens with zero attached hydrogens (tertiary/aromatic N) is 4. The second-order valence-corrected chi connectivity index (χ2v) is 20.2. The van der Waals surface area contributed by atoms with Crippen LogP contribution >= 0.6 is 0 Å². The van der Waals surface area contributed by atoms with E-state index in [1.165, 1.54) is 33.5 Å². The molecule has 15 heteroatoms. The van der Waals surface area contributed by atoms with Gasteiger partial charge in [-0.1, -0.05) is 87.0 Å². The molecule has 2 bridgehead atoms. The van der Waals surface area contributed by atoms with Gasteiger partial charge in [-0.05, 0) is 108 Å². The van der Waals surface area contributed by atoms with E-state index in [0.29, 0.717) is 31.1 Å². The lowest BCUT2D eigenvalue weighted by atomic mass is 9.86. The van der Waals surface area contributed by atoms with Gasteiger partial charge < -0.3 is 44.6 Å². The zero-order chi connectivity index (χ0) is 48.2. The molecular formula is C55H60N8O7. The van der Waals surface area contributed by atoms with Crippen molar-refractivity contribution in [3.05, 3.63) is 108 Å². The molecular weight excluding hydrogens is 885 g/mol. The third-order valence-electron chi connectivity index (χ3n) is 15.6. The summed E-state index contributed by atoms with van der Waals surface area (Å²) in [6.45, 7) is 5.68. The molecule has 4 N–H and O–H groups in total. The van der Waals surface area contributed by atoms with Gasteiger partial charge in [0, 0.05) is 35.9 Å². The molecule has 0 unspecified atom stereocenters. The van der Waals surface area contributed by atoms with Gasteiger partial charge in [0.2, 0.25) is 5.91 Å². The van der Waals surface area contributed by atoms with Crippen LogP contribution in [0.25, 0.3) is 54.7 Å². The average molecular weight is 945 g/mol. The fourth-order valence-electron chi connectivity index (χ4n) is 11.7. The number of fused-ring (bicyclic) bond motifs is 8. The van der Waals surface area contributed by atoms with Gasteiger partial charge in [0.15, 0.2) is 0 Å². The van der Waals surface area contributed by atoms with E-state index in [1.807, 2.05) is 66.1 Å². The van der Waals surface area contributed by atoms with E-state index in [2.05, 4.69) is 69.1 Å². The first-order valence-electron chi connectivity index (χ1n) is 24.8. The number of nitrogens with one attached hydrogen (secondary N) is 4. The highest BCUT2D eigenvalue weighted by Crippen LogP contribution is 2.51. The number of methoxy groups -OCH3 is 2. The maximum absolute atomic E-state index is 14.5. The number of carbonyl (C=O) groups is 4. The van der Waals surface area contributed by atoms with Crippen molar-refractivity contribution in [3.63, 3.8) is 0 Å². The largest absolute Gasteiger partial charge is 0.453 e. The average Bonchev–Trinajstić information content (AvgIpc) is 4.23. The molecule has 4 amide bonds. The Morgan fingerprint density at radius 1 is 0.700 bits per heavy atom. The lowest BCUT2D eigenvalue weighted by Crippen LogP contribution is -2.51. The molecule has 2 aliphatic carbocycles. The maximum Gasteiger partial charge on any atom is 0.407 e. The Morgan fingerprint density at radius 3 is 1.96 bits per heavy atom. The first-order valence-corrected chi connectivity index (χ1v) is 24.8. The molecule has 70 heavy (non-hydrogen) atoms. The lowest BCUT2D eigenvalue weighted by molar-refractivity contribution is -0.138. The second kappa shape index (κ2) is 18.7. The van der Waals surface area contributed by atoms with E-state index in [0.717, 1.165) is 92.3 Å². The monoisotopic (exact) mass is 944 g/mol. The molecule has 2 aliphatic heterocycles. The third kappa shape index (κ3) is 8.37. The van der Waals surface area contributed by atoms with Gasteiger partial charge in [0.25, 0.3) is 5.91 Å². The van der Waals surface area contributed by atoms with Crippen molar-refractivity contribution in [1.82, 2.24) is 40.4 Å². The maximum atomic E-state index is 14.5. The Bertz CT molecular complexity index is 3130. The lowest BCUT2D eigenvalue weighted by Gasteiger charge is -2.36. The van der Waals surface area contributed by atoms with Crippen molar-refractivity contribution >= 4 is 67.6 Å². The van der Waals surface area contributed by atoms with Crippen molar-refractivity contribution in [2.75, 3.05) is 34.0 Å². The summed E-state index contributed by atoms with van der Waals surface area (Å²) in [6.07, 6.45) is 5.91. The van der Waals surface area contributed by atoms with Crippen LogP contribution in [0.3, 0.4) is 0 Å². The molecule has 7 aromatic rings. The number of hydrogen-bond donors (Lipinski definition) is 4. The molecule has 2 aromatic heterocycles. The number of likely N-dealkylation sites (tertiary alicyclic amines) is 2. The summed E-state index contributed by atoms with van der Waals surface area (Å²) >= 11 is 0. The standard InChI is InChI=1S/C55H60N8O7/c1-30(2)45(60-54(66)68-3)52(64)62-27-32(29-70-28-31-9-8-10-31)23-44(62)50-56-42-21-16-36-24-34(14-19-40(36)47(42)58-50)35-15-20-41-37(25-35)17-22-43-48(41)59-51(57-43)49-38-13-18-39(26-38)63(49)53(65)46(61-55(67)69-4)33-11-6-5-7-12-33/h5-7,11-12,14-17,19-22,24-25,30-32,38-39,44-46,49H,8-10,13,18,23,26-29H2,1-4H3,(H,56,58)(H,57,59)(H,60,66)(H,61,67)/t32-,38+,39-,44-,45-,46+,49-/m0/s1. The number of alkyl carbamates (subject to hydrolysis) is 2. The van der Waals surface area contributed by atoms with Crippen LogP contribution in [-0.4, -0.2) is 99.8 Å². The number of amides is 4. The van der Waals surface area contributed by atoms with Gasteiger partial charge in [-0.2, -0.15) is 0 Å². The highest BCUT2D eigenvalue weighted by Gasteiger charge is 2.51. The predicted octanol–water partition coefficient (Wildman–Crippen LogP) is 9.65. The van der Waals surface area contributed by atoms with E-state index in [9.17, 15) is 19.2 Å². The van der Waals surface area contributed by atoms with Crippen LogP contribution < -0.4 is 10.6 Å². The molecule has 2 saturated heterocycles. The van der Waals surface area contributed by atoms with Gasteiger partial charge in [0.05, 0.1) is 55.0 Å². The van der Waals surface area contributed by atoms with Gasteiger partial charge in [-0.15, -0.1) is 0 Å². The molecule has 2 saturated carbocycles. The summed E-state index contributed by atoms with van der Waals surface area (Å²) in [5.41, 5.74) is 6.32. The minimum Gasteiger partial charge on any atom is -0.453 e. The number of rotatable bonds is 13. The van der Waals surface area contributed by atoms with Crippen LogP contribution in [-0.2, 0) is 23.8 Å². The van der Waals surface area contributed by atoms with E-state index >= 15 is 0 Å². The van der Waals surface area contributed by atoms with Crippen molar-refractivity contribution in [3.8, 4) is 11.1 Å². The molecule has 4 aliphatic rings. The Kier molecular flexibility index (Phi) is 12.2. The van der Waals surface area contributed by atoms with Crippen molar-refractivity contribution in [2.24, 2.45) is 23.7 Å². The van der Waals surface area contributed by atoms with Crippen LogP contribution in [0.15, 0.2) is 91.0 Å². The van der Waals surface area contributed by atoms with Crippen molar-refractivity contribution in [1.29, 1.82) is 0 Å². The summed E-state index contributed by atoms with van der Waals surface area (Å²) in [4.78, 5) is 75.1. The van der Waals surface area contributed by atoms with Crippen LogP contribution in [0.5, 0.6) is 0 Å². The number of ether oxygens (including phenoxy) is 3. The molecule has 4 fully saturated rings. The number of benzene rings is 5. The summed E-state index contributed by atoms with van der Waals surface area (Å²) in [7, 11) is 2.61. The first kappa shape index (κ1) is 45.4. The second-order valence-electron chi connectivity index (χ2n) is 20.2. The molecule has 11 rings (SSSR count). The normalized spacial score (nSPS) is 22.0. The SMILES string of the molecule is COC(=O)N[C@H](C(=O)N1C[C@@H](COCC2CCC2)C[C@H]1c1nc2ccc3cc(-c4ccc5c(ccc6nc([C@@H]7[C@@H]8CC[C@@H](C8)N7C(=O)[C@H](NC(=O)OC)c7ccccc7)[nH]c65)c4)ccc3c2[nH]1)C(C)C. The van der Waals surface area contributed by atoms with Crippen LogP contribution in [0.2, 0.25) is 0 Å². The molecule has 15 nitrogen and oxygen atoms in total. The molecule has 5 aromatic carbocycles. The number of hydrogen-bond acceptors (Lipinski definition) is 9. The fourth-order valence-corrected chi connectivity index (χ4v) is 11.7. The molecule has 0 spiro atoms. The van der Waals surface area contributed by atoms with Gasteiger partial charge >= 0.3 is 12.2 Å². The zero-order valence-electron chi connectivity index (χ0n) is 40.1. The number of imidazole rings is 2. The quantitative estimate of drug-likeness (QED) is 0.0874. The smallest absolute Gasteiger partial charge is 0.407 e. The molecule has 362 valence electrons. The fraction of sp³-hybridized carbons (Fsp3) is 0.418. The van der Waals surface area contributed by atoms with E-state index in [1.54, 1.807) is 0 Å².